The Labute approximate surface area is 183 Å². The van der Waals surface area contributed by atoms with Crippen molar-refractivity contribution in [3.05, 3.63) is 27.0 Å². The summed E-state index contributed by atoms with van der Waals surface area (Å²) in [4.78, 5) is 61.1. The van der Waals surface area contributed by atoms with Crippen LogP contribution in [0, 0.1) is 18.3 Å². The average molecular weight is 537 g/mol. The van der Waals surface area contributed by atoms with Gasteiger partial charge < -0.3 is 34.5 Å². The highest BCUT2D eigenvalue weighted by Crippen LogP contribution is 2.66. The van der Waals surface area contributed by atoms with Crippen molar-refractivity contribution in [2.75, 3.05) is 6.61 Å². The lowest BCUT2D eigenvalue weighted by molar-refractivity contribution is -0.0933. The molecular formula is C12H18N3O15P3. The van der Waals surface area contributed by atoms with E-state index in [2.05, 4.69) is 18.2 Å². The number of terminal acetylenes is 1. The van der Waals surface area contributed by atoms with E-state index in [1.54, 1.807) is 0 Å². The molecule has 7 atom stereocenters. The number of phosphoric ester groups is 1. The number of aromatic nitrogens is 3. The van der Waals surface area contributed by atoms with Crippen molar-refractivity contribution in [1.82, 2.24) is 14.8 Å². The number of H-pyrrole nitrogens is 1. The van der Waals surface area contributed by atoms with Crippen molar-refractivity contribution in [2.24, 2.45) is 5.92 Å². The van der Waals surface area contributed by atoms with Crippen LogP contribution in [0.1, 0.15) is 13.2 Å². The molecule has 33 heavy (non-hydrogen) atoms. The Kier molecular flexibility index (Phi) is 8.06. The second-order valence-corrected chi connectivity index (χ2v) is 10.9. The van der Waals surface area contributed by atoms with Crippen molar-refractivity contribution in [2.45, 2.75) is 31.0 Å². The van der Waals surface area contributed by atoms with Gasteiger partial charge in [0.05, 0.1) is 24.7 Å². The molecule has 0 spiro atoms. The molecule has 2 heterocycles. The summed E-state index contributed by atoms with van der Waals surface area (Å²) in [5.74, 6) is 0.395. The van der Waals surface area contributed by atoms with Crippen LogP contribution in [0.15, 0.2) is 15.8 Å². The van der Waals surface area contributed by atoms with E-state index in [-0.39, 0.29) is 0 Å². The minimum absolute atomic E-state index is 0.432. The van der Waals surface area contributed by atoms with Crippen molar-refractivity contribution >= 4 is 23.5 Å². The number of aliphatic hydroxyl groups excluding tert-OH is 1. The molecule has 0 amide bonds. The van der Waals surface area contributed by atoms with E-state index in [9.17, 15) is 43.3 Å². The third-order valence-corrected chi connectivity index (χ3v) is 8.12. The fourth-order valence-electron chi connectivity index (χ4n) is 2.98. The highest BCUT2D eigenvalue weighted by atomic mass is 31.3. The summed E-state index contributed by atoms with van der Waals surface area (Å²) in [5, 5.41) is 24.1. The molecule has 0 aliphatic carbocycles. The number of nitrogens with zero attached hydrogens (tertiary/aromatic N) is 2. The van der Waals surface area contributed by atoms with Gasteiger partial charge in [0.1, 0.15) is 6.20 Å². The maximum absolute atomic E-state index is 12.1. The molecule has 0 saturated carbocycles. The second-order valence-electron chi connectivity index (χ2n) is 6.50. The summed E-state index contributed by atoms with van der Waals surface area (Å²) in [7, 11) is -17.0. The van der Waals surface area contributed by atoms with Crippen LogP contribution < -0.4 is 11.2 Å². The normalized spacial score (nSPS) is 30.2. The number of nitrogens with one attached hydrogen (secondary N) is 1. The van der Waals surface area contributed by atoms with Crippen molar-refractivity contribution in [3.63, 3.8) is 0 Å². The maximum Gasteiger partial charge on any atom is 0.490 e. The van der Waals surface area contributed by atoms with Gasteiger partial charge in [0.25, 0.3) is 5.56 Å². The van der Waals surface area contributed by atoms with Gasteiger partial charge in [-0.05, 0) is 6.92 Å². The van der Waals surface area contributed by atoms with Gasteiger partial charge >= 0.3 is 29.2 Å². The number of rotatable bonds is 9. The molecule has 186 valence electrons. The smallest absolute Gasteiger partial charge is 0.396 e. The number of aromatic amines is 1. The van der Waals surface area contributed by atoms with E-state index >= 15 is 0 Å². The van der Waals surface area contributed by atoms with Crippen molar-refractivity contribution < 1.29 is 61.4 Å². The fraction of sp³-hybridized carbons (Fsp3) is 0.583. The molecule has 0 bridgehead atoms. The summed E-state index contributed by atoms with van der Waals surface area (Å²) in [6.07, 6.45) is 0.839. The van der Waals surface area contributed by atoms with Gasteiger partial charge in [-0.15, -0.1) is 6.42 Å². The largest absolute Gasteiger partial charge is 0.490 e. The van der Waals surface area contributed by atoms with Crippen molar-refractivity contribution in [3.8, 4) is 12.3 Å². The number of hydrogen-bond donors (Lipinski definition) is 7. The first kappa shape index (κ1) is 27.7. The molecule has 7 N–H and O–H groups in total. The molecule has 0 aromatic carbocycles. The molecular weight excluding hydrogens is 519 g/mol. The predicted octanol–water partition coefficient (Wildman–Crippen LogP) is -2.47. The first-order valence-corrected chi connectivity index (χ1v) is 12.9. The second kappa shape index (κ2) is 9.61. The molecule has 1 aliphatic rings. The van der Waals surface area contributed by atoms with E-state index in [0.29, 0.717) is 10.9 Å². The third kappa shape index (κ3) is 6.53. The molecule has 0 radical (unpaired) electrons. The van der Waals surface area contributed by atoms with Crippen LogP contribution in [-0.2, 0) is 31.6 Å². The fourth-order valence-corrected chi connectivity index (χ4v) is 6.18. The highest BCUT2D eigenvalue weighted by Gasteiger charge is 2.59. The average Bonchev–Trinajstić information content (AvgIpc) is 2.91. The van der Waals surface area contributed by atoms with E-state index in [4.69, 9.17) is 20.9 Å². The monoisotopic (exact) mass is 537 g/mol. The zero-order chi connectivity index (χ0) is 25.4. The van der Waals surface area contributed by atoms with Gasteiger partial charge in [-0.3, -0.25) is 14.3 Å². The van der Waals surface area contributed by atoms with Gasteiger partial charge in [0.15, 0.2) is 11.8 Å². The number of hydrogen-bond acceptors (Lipinski definition) is 12. The SMILES string of the molecule is C#CC1(O)C(CO)[C@@H]([C@H](C)OP(=O)(O)OP(=O)(O)OP(=O)(O)O)O[C@H]1n1ncc(=O)[nH]c1=O. The quantitative estimate of drug-likeness (QED) is 0.127. The molecule has 2 rings (SSSR count). The van der Waals surface area contributed by atoms with E-state index < -0.39 is 71.3 Å². The number of phosphoric acid groups is 3. The van der Waals surface area contributed by atoms with Gasteiger partial charge in [0.2, 0.25) is 0 Å². The molecule has 18 nitrogen and oxygen atoms in total. The summed E-state index contributed by atoms with van der Waals surface area (Å²) in [5.41, 5.74) is -4.55. The predicted molar refractivity (Wildman–Crippen MR) is 102 cm³/mol. The summed E-state index contributed by atoms with van der Waals surface area (Å²) >= 11 is 0. The topological polar surface area (TPSA) is 277 Å². The van der Waals surface area contributed by atoms with Gasteiger partial charge in [-0.2, -0.15) is 18.4 Å². The Morgan fingerprint density at radius 1 is 1.27 bits per heavy atom. The molecule has 1 aliphatic heterocycles. The van der Waals surface area contributed by atoms with Crippen LogP contribution in [0.5, 0.6) is 0 Å². The Bertz CT molecular complexity index is 1180. The molecule has 1 aromatic heterocycles. The van der Waals surface area contributed by atoms with E-state index in [1.807, 2.05) is 10.9 Å². The minimum Gasteiger partial charge on any atom is -0.396 e. The first-order valence-electron chi connectivity index (χ1n) is 8.41. The summed E-state index contributed by atoms with van der Waals surface area (Å²) in [6, 6.07) is 0. The zero-order valence-electron chi connectivity index (χ0n) is 16.3. The van der Waals surface area contributed by atoms with Gasteiger partial charge in [0, 0.05) is 0 Å². The minimum atomic E-state index is -5.81. The molecule has 1 aromatic rings. The lowest BCUT2D eigenvalue weighted by Gasteiger charge is -2.29. The third-order valence-electron chi connectivity index (χ3n) is 4.19. The van der Waals surface area contributed by atoms with Gasteiger partial charge in [-0.25, -0.2) is 18.5 Å². The van der Waals surface area contributed by atoms with Gasteiger partial charge in [-0.1, -0.05) is 5.92 Å². The molecule has 1 saturated heterocycles. The van der Waals surface area contributed by atoms with E-state index in [1.165, 1.54) is 0 Å². The van der Waals surface area contributed by atoms with Crippen LogP contribution in [-0.4, -0.2) is 69.0 Å². The van der Waals surface area contributed by atoms with Crippen LogP contribution in [0.4, 0.5) is 0 Å². The van der Waals surface area contributed by atoms with Crippen LogP contribution in [0.2, 0.25) is 0 Å². The zero-order valence-corrected chi connectivity index (χ0v) is 18.9. The maximum atomic E-state index is 12.1. The first-order chi connectivity index (χ1) is 14.9. The van der Waals surface area contributed by atoms with Crippen LogP contribution in [0.3, 0.4) is 0 Å². The Hall–Kier alpha value is -1.54. The Balaban J connectivity index is 2.33. The highest BCUT2D eigenvalue weighted by molar-refractivity contribution is 7.66. The lowest BCUT2D eigenvalue weighted by Crippen LogP contribution is -2.47. The molecule has 21 heteroatoms. The summed E-state index contributed by atoms with van der Waals surface area (Å²) in [6.45, 7) is 0.0676. The molecule has 1 fully saturated rings. The summed E-state index contributed by atoms with van der Waals surface area (Å²) < 4.78 is 51.9. The van der Waals surface area contributed by atoms with Crippen LogP contribution >= 0.6 is 23.5 Å². The number of ether oxygens (including phenoxy) is 1. The van der Waals surface area contributed by atoms with Crippen molar-refractivity contribution in [1.29, 1.82) is 0 Å². The standard InChI is InChI=1S/C12H18N3O15P3/c1-3-12(19)7(5-16)9(27-10(12)15-11(18)14-8(17)4-13-15)6(2)28-32(23,24)30-33(25,26)29-31(20,21)22/h1,4,6-7,9-10,16,19H,5H2,2H3,(H,23,24)(H,25,26)(H,14,17,18)(H2,20,21,22)/t6-,7?,9+,10+,12?/m0/s1. The molecule has 4 unspecified atom stereocenters. The Morgan fingerprint density at radius 3 is 2.36 bits per heavy atom. The lowest BCUT2D eigenvalue weighted by atomic mass is 9.84. The Morgan fingerprint density at radius 2 is 1.88 bits per heavy atom. The number of aliphatic hydroxyl groups is 2. The van der Waals surface area contributed by atoms with E-state index in [0.717, 1.165) is 6.92 Å². The van der Waals surface area contributed by atoms with Crippen LogP contribution in [0.25, 0.3) is 0 Å².